The van der Waals surface area contributed by atoms with Crippen LogP contribution in [0.25, 0.3) is 0 Å². The van der Waals surface area contributed by atoms with Gasteiger partial charge in [0.15, 0.2) is 5.69 Å². The van der Waals surface area contributed by atoms with Gasteiger partial charge in [-0.25, -0.2) is 0 Å². The summed E-state index contributed by atoms with van der Waals surface area (Å²) in [6, 6.07) is 11.5. The van der Waals surface area contributed by atoms with E-state index in [1.165, 1.54) is 12.1 Å². The van der Waals surface area contributed by atoms with Crippen molar-refractivity contribution < 1.29 is 31.1 Å². The Morgan fingerprint density at radius 3 is 2.26 bits per heavy atom. The van der Waals surface area contributed by atoms with Crippen molar-refractivity contribution in [3.05, 3.63) is 82.7 Å². The van der Waals surface area contributed by atoms with Crippen LogP contribution in [0.4, 0.5) is 32.0 Å². The molecule has 0 aliphatic heterocycles. The number of hydrogen-bond acceptors (Lipinski definition) is 3. The number of benzene rings is 2. The first-order valence-electron chi connectivity index (χ1n) is 10.4. The number of nitrogens with zero attached hydrogens (tertiary/aromatic N) is 1. The highest BCUT2D eigenvalue weighted by Gasteiger charge is 2.35. The molecule has 0 bridgehead atoms. The lowest BCUT2D eigenvalue weighted by Crippen LogP contribution is -2.25. The molecule has 34 heavy (non-hydrogen) atoms. The van der Waals surface area contributed by atoms with Gasteiger partial charge >= 0.3 is 12.4 Å². The molecule has 11 heteroatoms. The summed E-state index contributed by atoms with van der Waals surface area (Å²) < 4.78 is 78.0. The average molecular weight is 482 g/mol. The average Bonchev–Trinajstić information content (AvgIpc) is 3.44. The normalized spacial score (nSPS) is 15.2. The van der Waals surface area contributed by atoms with Gasteiger partial charge in [0.25, 0.3) is 5.91 Å². The Morgan fingerprint density at radius 1 is 0.971 bits per heavy atom. The molecule has 3 N–H and O–H groups in total. The fourth-order valence-corrected chi connectivity index (χ4v) is 3.51. The SMILES string of the molecule is O=C(Nc1cccc(C(NCC2CC2)c2cccc(C(F)(F)F)c2)c1)c1cc(C(F)(F)F)n[nH]1. The number of alkyl halides is 6. The van der Waals surface area contributed by atoms with E-state index in [2.05, 4.69) is 20.8 Å². The molecule has 0 radical (unpaired) electrons. The summed E-state index contributed by atoms with van der Waals surface area (Å²) in [4.78, 5) is 12.4. The zero-order valence-corrected chi connectivity index (χ0v) is 17.6. The first-order chi connectivity index (χ1) is 16.0. The number of hydrogen-bond donors (Lipinski definition) is 3. The van der Waals surface area contributed by atoms with Crippen molar-refractivity contribution in [2.75, 3.05) is 11.9 Å². The molecule has 180 valence electrons. The molecule has 3 aromatic rings. The summed E-state index contributed by atoms with van der Waals surface area (Å²) >= 11 is 0. The molecule has 1 aliphatic rings. The van der Waals surface area contributed by atoms with Crippen LogP contribution in [0.1, 0.15) is 51.8 Å². The molecular formula is C23H20F6N4O. The highest BCUT2D eigenvalue weighted by Crippen LogP contribution is 2.34. The van der Waals surface area contributed by atoms with E-state index in [0.29, 0.717) is 29.7 Å². The third-order valence-electron chi connectivity index (χ3n) is 5.45. The van der Waals surface area contributed by atoms with E-state index in [1.54, 1.807) is 24.3 Å². The van der Waals surface area contributed by atoms with Gasteiger partial charge in [0.1, 0.15) is 5.69 Å². The standard InChI is InChI=1S/C23H20F6N4O/c24-22(25,26)16-5-1-3-14(9-16)20(30-12-13-7-8-13)15-4-2-6-17(10-15)31-21(34)18-11-19(33-32-18)23(27,28)29/h1-6,9-11,13,20,30H,7-8,12H2,(H,31,34)(H,32,33). The van der Waals surface area contributed by atoms with E-state index < -0.39 is 35.6 Å². The van der Waals surface area contributed by atoms with Gasteiger partial charge < -0.3 is 10.6 Å². The first kappa shape index (κ1) is 23.8. The third-order valence-corrected chi connectivity index (χ3v) is 5.45. The van der Waals surface area contributed by atoms with Gasteiger partial charge in [0, 0.05) is 11.8 Å². The second-order valence-electron chi connectivity index (χ2n) is 8.15. The lowest BCUT2D eigenvalue weighted by atomic mass is 9.96. The minimum atomic E-state index is -4.69. The second kappa shape index (κ2) is 9.13. The van der Waals surface area contributed by atoms with Crippen molar-refractivity contribution in [1.29, 1.82) is 0 Å². The fourth-order valence-electron chi connectivity index (χ4n) is 3.51. The summed E-state index contributed by atoms with van der Waals surface area (Å²) in [7, 11) is 0. The van der Waals surface area contributed by atoms with Crippen molar-refractivity contribution >= 4 is 11.6 Å². The molecule has 1 aliphatic carbocycles. The van der Waals surface area contributed by atoms with Crippen LogP contribution < -0.4 is 10.6 Å². The molecule has 5 nitrogen and oxygen atoms in total. The Morgan fingerprint density at radius 2 is 1.65 bits per heavy atom. The van der Waals surface area contributed by atoms with Gasteiger partial charge in [-0.15, -0.1) is 0 Å². The van der Waals surface area contributed by atoms with Crippen molar-refractivity contribution in [3.8, 4) is 0 Å². The number of anilines is 1. The zero-order chi connectivity index (χ0) is 24.5. The number of carbonyl (C=O) groups is 1. The van der Waals surface area contributed by atoms with E-state index in [9.17, 15) is 31.1 Å². The molecule has 0 saturated heterocycles. The van der Waals surface area contributed by atoms with Gasteiger partial charge in [0.2, 0.25) is 0 Å². The van der Waals surface area contributed by atoms with Crippen LogP contribution in [0.3, 0.4) is 0 Å². The quantitative estimate of drug-likeness (QED) is 0.374. The van der Waals surface area contributed by atoms with Crippen molar-refractivity contribution in [2.45, 2.75) is 31.2 Å². The van der Waals surface area contributed by atoms with Crippen LogP contribution in [0.15, 0.2) is 54.6 Å². The highest BCUT2D eigenvalue weighted by atomic mass is 19.4. The first-order valence-corrected chi connectivity index (χ1v) is 10.4. The van der Waals surface area contributed by atoms with Gasteiger partial charge in [-0.05, 0) is 60.7 Å². The molecule has 1 aromatic heterocycles. The van der Waals surface area contributed by atoms with Crippen molar-refractivity contribution in [1.82, 2.24) is 15.5 Å². The van der Waals surface area contributed by atoms with Gasteiger partial charge in [0.05, 0.1) is 11.6 Å². The van der Waals surface area contributed by atoms with Crippen LogP contribution >= 0.6 is 0 Å². The topological polar surface area (TPSA) is 69.8 Å². The number of nitrogens with one attached hydrogen (secondary N) is 3. The van der Waals surface area contributed by atoms with Crippen molar-refractivity contribution in [3.63, 3.8) is 0 Å². The second-order valence-corrected chi connectivity index (χ2v) is 8.15. The van der Waals surface area contributed by atoms with Crippen LogP contribution in [0, 0.1) is 5.92 Å². The Bertz CT molecular complexity index is 1170. The molecular weight excluding hydrogens is 462 g/mol. The Hall–Kier alpha value is -3.34. The number of halogens is 6. The predicted molar refractivity (Wildman–Crippen MR) is 112 cm³/mol. The fraction of sp³-hybridized carbons (Fsp3) is 0.304. The van der Waals surface area contributed by atoms with E-state index in [1.807, 2.05) is 0 Å². The molecule has 4 rings (SSSR count). The minimum absolute atomic E-state index is 0.274. The van der Waals surface area contributed by atoms with Crippen LogP contribution in [0.2, 0.25) is 0 Å². The minimum Gasteiger partial charge on any atom is -0.321 e. The number of aromatic amines is 1. The summed E-state index contributed by atoms with van der Waals surface area (Å²) in [6.45, 7) is 0.617. The van der Waals surface area contributed by atoms with E-state index in [-0.39, 0.29) is 11.4 Å². The molecule has 1 saturated carbocycles. The molecule has 1 atom stereocenters. The van der Waals surface area contributed by atoms with Crippen LogP contribution in [-0.4, -0.2) is 22.6 Å². The Balaban J connectivity index is 1.58. The Kier molecular flexibility index (Phi) is 6.39. The van der Waals surface area contributed by atoms with E-state index in [4.69, 9.17) is 0 Å². The molecule has 1 heterocycles. The number of amides is 1. The van der Waals surface area contributed by atoms with E-state index in [0.717, 1.165) is 25.0 Å². The summed E-state index contributed by atoms with van der Waals surface area (Å²) in [6.07, 6.45) is -7.10. The maximum Gasteiger partial charge on any atom is 0.435 e. The zero-order valence-electron chi connectivity index (χ0n) is 17.6. The van der Waals surface area contributed by atoms with Crippen LogP contribution in [0.5, 0.6) is 0 Å². The summed E-state index contributed by atoms with van der Waals surface area (Å²) in [5, 5.41) is 11.0. The van der Waals surface area contributed by atoms with Crippen LogP contribution in [-0.2, 0) is 12.4 Å². The summed E-state index contributed by atoms with van der Waals surface area (Å²) in [5.41, 5.74) is -1.09. The van der Waals surface area contributed by atoms with Crippen molar-refractivity contribution in [2.24, 2.45) is 5.92 Å². The monoisotopic (exact) mass is 482 g/mol. The van der Waals surface area contributed by atoms with Gasteiger partial charge in [-0.2, -0.15) is 31.4 Å². The van der Waals surface area contributed by atoms with E-state index >= 15 is 0 Å². The van der Waals surface area contributed by atoms with Gasteiger partial charge in [-0.3, -0.25) is 9.89 Å². The van der Waals surface area contributed by atoms with Gasteiger partial charge in [-0.1, -0.05) is 24.3 Å². The number of carbonyl (C=O) groups excluding carboxylic acids is 1. The summed E-state index contributed by atoms with van der Waals surface area (Å²) in [5.74, 6) is -0.374. The largest absolute Gasteiger partial charge is 0.435 e. The third kappa shape index (κ3) is 5.77. The molecule has 1 fully saturated rings. The number of aromatic nitrogens is 2. The maximum atomic E-state index is 13.3. The Labute approximate surface area is 190 Å². The molecule has 2 aromatic carbocycles. The lowest BCUT2D eigenvalue weighted by Gasteiger charge is -2.22. The lowest BCUT2D eigenvalue weighted by molar-refractivity contribution is -0.141. The number of rotatable bonds is 7. The predicted octanol–water partition coefficient (Wildman–Crippen LogP) is 5.79. The maximum absolute atomic E-state index is 13.3. The molecule has 1 amide bonds. The smallest absolute Gasteiger partial charge is 0.321 e. The molecule has 1 unspecified atom stereocenters. The molecule has 0 spiro atoms. The highest BCUT2D eigenvalue weighted by molar-refractivity contribution is 6.02. The number of H-pyrrole nitrogens is 1.